The minimum Gasteiger partial charge on any atom is -0.387 e. The summed E-state index contributed by atoms with van der Waals surface area (Å²) < 4.78 is 0. The van der Waals surface area contributed by atoms with Crippen LogP contribution in [0.4, 0.5) is 5.69 Å². The van der Waals surface area contributed by atoms with E-state index in [-0.39, 0.29) is 11.8 Å². The summed E-state index contributed by atoms with van der Waals surface area (Å²) in [5, 5.41) is 23.2. The molecule has 0 bridgehead atoms. The minimum absolute atomic E-state index is 0.275. The van der Waals surface area contributed by atoms with E-state index in [1.807, 2.05) is 91.9 Å². The van der Waals surface area contributed by atoms with Crippen LogP contribution in [0.25, 0.3) is 11.1 Å². The van der Waals surface area contributed by atoms with Gasteiger partial charge in [0, 0.05) is 22.9 Å². The first kappa shape index (κ1) is 25.1. The van der Waals surface area contributed by atoms with Crippen molar-refractivity contribution in [1.29, 1.82) is 0 Å². The van der Waals surface area contributed by atoms with Crippen LogP contribution in [-0.4, -0.2) is 40.9 Å². The molecule has 1 radical (unpaired) electrons. The number of amides is 1. The van der Waals surface area contributed by atoms with Crippen molar-refractivity contribution >= 4 is 25.2 Å². The molecule has 4 rings (SSSR count). The zero-order chi connectivity index (χ0) is 25.5. The Bertz CT molecular complexity index is 1250. The number of nitrogens with one attached hydrogen (secondary N) is 3. The number of aliphatic hydroxyl groups excluding tert-OH is 1. The Balaban J connectivity index is 1.62. The number of anilines is 1. The van der Waals surface area contributed by atoms with Crippen molar-refractivity contribution in [2.45, 2.75) is 31.9 Å². The predicted octanol–water partition coefficient (Wildman–Crippen LogP) is 3.98. The van der Waals surface area contributed by atoms with Crippen molar-refractivity contribution in [3.05, 3.63) is 107 Å². The van der Waals surface area contributed by atoms with Crippen LogP contribution in [-0.2, 0) is 9.59 Å². The molecule has 0 aliphatic heterocycles. The van der Waals surface area contributed by atoms with E-state index in [0.29, 0.717) is 17.6 Å². The van der Waals surface area contributed by atoms with Gasteiger partial charge in [-0.1, -0.05) is 72.8 Å². The monoisotopic (exact) mass is 479 g/mol. The van der Waals surface area contributed by atoms with Gasteiger partial charge in [0.2, 0.25) is 5.91 Å². The van der Waals surface area contributed by atoms with Crippen LogP contribution in [0.1, 0.15) is 41.5 Å². The molecule has 0 spiro atoms. The SMILES string of the molecule is Cc1[nH]nc(C(C)O)c1-c1ccc(NC(=O)[C@@H](N[B]C=O)C(c2ccccc2)c2ccccc2)cc1. The fourth-order valence-electron chi connectivity index (χ4n) is 4.42. The third-order valence-electron chi connectivity index (χ3n) is 6.09. The number of aryl methyl sites for hydroxylation is 1. The number of nitrogens with zero attached hydrogens (tertiary/aromatic N) is 1. The van der Waals surface area contributed by atoms with E-state index >= 15 is 0 Å². The van der Waals surface area contributed by atoms with Gasteiger partial charge in [0.15, 0.2) is 0 Å². The zero-order valence-corrected chi connectivity index (χ0v) is 20.2. The normalized spacial score (nSPS) is 12.7. The van der Waals surface area contributed by atoms with Gasteiger partial charge in [0.1, 0.15) is 0 Å². The highest BCUT2D eigenvalue weighted by Crippen LogP contribution is 2.31. The number of aromatic nitrogens is 2. The van der Waals surface area contributed by atoms with Crippen molar-refractivity contribution < 1.29 is 14.7 Å². The number of hydrogen-bond acceptors (Lipinski definition) is 5. The Morgan fingerprint density at radius 3 is 2.08 bits per heavy atom. The lowest BCUT2D eigenvalue weighted by Crippen LogP contribution is -2.47. The molecule has 1 unspecified atom stereocenters. The Hall–Kier alpha value is -4.01. The van der Waals surface area contributed by atoms with E-state index in [0.717, 1.165) is 27.9 Å². The van der Waals surface area contributed by atoms with E-state index in [1.165, 1.54) is 7.41 Å². The first-order chi connectivity index (χ1) is 17.5. The molecule has 4 aromatic rings. The number of benzene rings is 3. The largest absolute Gasteiger partial charge is 0.387 e. The molecule has 0 aliphatic rings. The number of aliphatic hydroxyl groups is 1. The fraction of sp³-hybridized carbons (Fsp3) is 0.179. The van der Waals surface area contributed by atoms with E-state index < -0.39 is 12.1 Å². The first-order valence-electron chi connectivity index (χ1n) is 11.8. The average molecular weight is 479 g/mol. The topological polar surface area (TPSA) is 107 Å². The van der Waals surface area contributed by atoms with Gasteiger partial charge in [0.05, 0.1) is 24.0 Å². The van der Waals surface area contributed by atoms with Crippen LogP contribution in [0, 0.1) is 6.92 Å². The van der Waals surface area contributed by atoms with Gasteiger partial charge in [-0.2, -0.15) is 5.10 Å². The summed E-state index contributed by atoms with van der Waals surface area (Å²) in [6.45, 7) is 3.57. The van der Waals surface area contributed by atoms with E-state index in [9.17, 15) is 14.7 Å². The number of carbonyl (C=O) groups excluding carboxylic acids is 2. The Morgan fingerprint density at radius 2 is 1.56 bits per heavy atom. The molecule has 0 fully saturated rings. The molecule has 181 valence electrons. The van der Waals surface area contributed by atoms with Crippen LogP contribution < -0.4 is 10.5 Å². The number of H-pyrrole nitrogens is 1. The zero-order valence-electron chi connectivity index (χ0n) is 20.2. The van der Waals surface area contributed by atoms with Crippen LogP contribution in [0.3, 0.4) is 0 Å². The second kappa shape index (κ2) is 11.6. The molecule has 7 nitrogen and oxygen atoms in total. The molecule has 36 heavy (non-hydrogen) atoms. The van der Waals surface area contributed by atoms with Crippen LogP contribution in [0.2, 0.25) is 0 Å². The third-order valence-corrected chi connectivity index (χ3v) is 6.09. The summed E-state index contributed by atoms with van der Waals surface area (Å²) in [6.07, 6.45) is -0.0760. The molecule has 3 aromatic carbocycles. The summed E-state index contributed by atoms with van der Waals surface area (Å²) in [5.74, 6) is -0.604. The van der Waals surface area contributed by atoms with Gasteiger partial charge >= 0.3 is 0 Å². The Labute approximate surface area is 211 Å². The summed E-state index contributed by atoms with van der Waals surface area (Å²) in [4.78, 5) is 24.7. The molecule has 0 saturated heterocycles. The number of carbonyl (C=O) groups is 2. The first-order valence-corrected chi connectivity index (χ1v) is 11.8. The van der Waals surface area contributed by atoms with Gasteiger partial charge in [-0.05, 0) is 42.7 Å². The van der Waals surface area contributed by atoms with Crippen LogP contribution in [0.15, 0.2) is 84.9 Å². The maximum absolute atomic E-state index is 13.6. The lowest BCUT2D eigenvalue weighted by molar-refractivity contribution is -0.118. The van der Waals surface area contributed by atoms with Crippen molar-refractivity contribution in [2.24, 2.45) is 0 Å². The maximum atomic E-state index is 13.6. The van der Waals surface area contributed by atoms with Crippen molar-refractivity contribution in [3.8, 4) is 11.1 Å². The second-order valence-corrected chi connectivity index (χ2v) is 8.60. The van der Waals surface area contributed by atoms with Crippen LogP contribution >= 0.6 is 0 Å². The van der Waals surface area contributed by atoms with Gasteiger partial charge in [-0.15, -0.1) is 0 Å². The van der Waals surface area contributed by atoms with E-state index in [2.05, 4.69) is 20.7 Å². The average Bonchev–Trinajstić information content (AvgIpc) is 3.29. The maximum Gasteiger partial charge on any atom is 0.291 e. The highest BCUT2D eigenvalue weighted by Gasteiger charge is 2.30. The summed E-state index contributed by atoms with van der Waals surface area (Å²) >= 11 is 0. The van der Waals surface area contributed by atoms with Gasteiger partial charge in [-0.25, -0.2) is 0 Å². The molecule has 1 heterocycles. The summed E-state index contributed by atoms with van der Waals surface area (Å²) in [7, 11) is 1.26. The summed E-state index contributed by atoms with van der Waals surface area (Å²) in [6, 6.07) is 26.1. The smallest absolute Gasteiger partial charge is 0.291 e. The molecule has 1 amide bonds. The molecule has 2 atom stereocenters. The van der Waals surface area contributed by atoms with Crippen molar-refractivity contribution in [2.75, 3.05) is 5.32 Å². The highest BCUT2D eigenvalue weighted by molar-refractivity contribution is 6.64. The number of aromatic amines is 1. The van der Waals surface area contributed by atoms with Crippen molar-refractivity contribution in [1.82, 2.24) is 15.4 Å². The predicted molar refractivity (Wildman–Crippen MR) is 142 cm³/mol. The number of hydrogen-bond donors (Lipinski definition) is 4. The minimum atomic E-state index is -0.738. The highest BCUT2D eigenvalue weighted by atomic mass is 16.3. The lowest BCUT2D eigenvalue weighted by atomic mass is 9.81. The fourth-order valence-corrected chi connectivity index (χ4v) is 4.42. The third kappa shape index (κ3) is 5.62. The van der Waals surface area contributed by atoms with Crippen molar-refractivity contribution in [3.63, 3.8) is 0 Å². The molecule has 1 aromatic heterocycles. The molecule has 0 aliphatic carbocycles. The molecule has 0 saturated carbocycles. The standard InChI is InChI=1S/C28H28BN4O3/c1-18-24(26(19(2)35)33-32-18)22-13-15-23(16-14-22)30-28(36)27(31-29-17-34)25(20-9-5-3-6-10-20)21-11-7-4-8-12-21/h3-17,19,25,27,31,35H,1-2H3,(H,30,36)(H,32,33)/t19?,27-/m0/s1. The summed E-state index contributed by atoms with van der Waals surface area (Å²) in [5.41, 5.74) is 5.67. The quantitative estimate of drug-likeness (QED) is 0.203. The second-order valence-electron chi connectivity index (χ2n) is 8.60. The van der Waals surface area contributed by atoms with E-state index in [1.54, 1.807) is 6.92 Å². The van der Waals surface area contributed by atoms with Crippen LogP contribution in [0.5, 0.6) is 0 Å². The van der Waals surface area contributed by atoms with Gasteiger partial charge in [-0.3, -0.25) is 9.89 Å². The van der Waals surface area contributed by atoms with E-state index in [4.69, 9.17) is 0 Å². The Morgan fingerprint density at radius 1 is 0.972 bits per heavy atom. The lowest BCUT2D eigenvalue weighted by Gasteiger charge is -2.28. The van der Waals surface area contributed by atoms with Gasteiger partial charge in [0.25, 0.3) is 7.41 Å². The Kier molecular flexibility index (Phi) is 8.10. The molecular weight excluding hydrogens is 451 g/mol. The molecule has 8 heteroatoms. The number of rotatable bonds is 10. The molecular formula is C28H28BN4O3. The molecule has 4 N–H and O–H groups in total. The van der Waals surface area contributed by atoms with Gasteiger partial charge < -0.3 is 20.4 Å².